The van der Waals surface area contributed by atoms with Gasteiger partial charge in [-0.2, -0.15) is 8.42 Å². The summed E-state index contributed by atoms with van der Waals surface area (Å²) in [6.07, 6.45) is 0. The molecular weight excluding hydrogens is 294 g/mol. The van der Waals surface area contributed by atoms with Crippen molar-refractivity contribution in [2.45, 2.75) is 0 Å². The standard InChI is InChI=1S/C13H13N3O4S/c14-10-3-1-9(2-4-10)13(17)15-11-5-7-12(8-6-11)16-21(18,19)20/h1-8,16H,14H2,(H,15,17)(H,18,19,20). The Morgan fingerprint density at radius 3 is 2.00 bits per heavy atom. The predicted molar refractivity (Wildman–Crippen MR) is 80.4 cm³/mol. The molecule has 0 spiro atoms. The van der Waals surface area contributed by atoms with E-state index in [9.17, 15) is 13.2 Å². The third-order valence-corrected chi connectivity index (χ3v) is 3.06. The Bertz CT molecular complexity index is 740. The van der Waals surface area contributed by atoms with Crippen molar-refractivity contribution in [3.05, 3.63) is 54.1 Å². The van der Waals surface area contributed by atoms with Gasteiger partial charge in [0.2, 0.25) is 0 Å². The van der Waals surface area contributed by atoms with Gasteiger partial charge in [-0.05, 0) is 48.5 Å². The van der Waals surface area contributed by atoms with Crippen LogP contribution in [0.1, 0.15) is 10.4 Å². The molecule has 21 heavy (non-hydrogen) atoms. The van der Waals surface area contributed by atoms with Gasteiger partial charge >= 0.3 is 10.3 Å². The minimum Gasteiger partial charge on any atom is -0.399 e. The van der Waals surface area contributed by atoms with Crippen LogP contribution >= 0.6 is 0 Å². The van der Waals surface area contributed by atoms with Crippen LogP contribution in [0.2, 0.25) is 0 Å². The first-order chi connectivity index (χ1) is 9.83. The highest BCUT2D eigenvalue weighted by Crippen LogP contribution is 2.15. The van der Waals surface area contributed by atoms with Gasteiger partial charge in [-0.25, -0.2) is 0 Å². The molecule has 0 fully saturated rings. The van der Waals surface area contributed by atoms with Gasteiger partial charge in [0.15, 0.2) is 0 Å². The number of amides is 1. The third-order valence-electron chi connectivity index (χ3n) is 2.56. The van der Waals surface area contributed by atoms with E-state index in [2.05, 4.69) is 5.32 Å². The molecule has 2 aromatic carbocycles. The monoisotopic (exact) mass is 307 g/mol. The summed E-state index contributed by atoms with van der Waals surface area (Å²) in [6.45, 7) is 0. The van der Waals surface area contributed by atoms with Crippen LogP contribution in [0.5, 0.6) is 0 Å². The van der Waals surface area contributed by atoms with Gasteiger partial charge in [0, 0.05) is 16.9 Å². The highest BCUT2D eigenvalue weighted by atomic mass is 32.2. The van der Waals surface area contributed by atoms with Crippen molar-refractivity contribution in [3.63, 3.8) is 0 Å². The molecule has 0 unspecified atom stereocenters. The number of hydrogen-bond donors (Lipinski definition) is 4. The van der Waals surface area contributed by atoms with E-state index in [1.165, 1.54) is 24.3 Å². The molecule has 0 aromatic heterocycles. The molecule has 0 aliphatic carbocycles. The van der Waals surface area contributed by atoms with Crippen LogP contribution < -0.4 is 15.8 Å². The van der Waals surface area contributed by atoms with Crippen molar-refractivity contribution in [1.29, 1.82) is 0 Å². The van der Waals surface area contributed by atoms with Crippen molar-refractivity contribution >= 4 is 33.3 Å². The number of nitrogens with two attached hydrogens (primary N) is 1. The average Bonchev–Trinajstić information content (AvgIpc) is 2.40. The highest BCUT2D eigenvalue weighted by molar-refractivity contribution is 7.87. The topological polar surface area (TPSA) is 122 Å². The molecule has 0 aliphatic heterocycles. The third kappa shape index (κ3) is 4.48. The minimum absolute atomic E-state index is 0.183. The van der Waals surface area contributed by atoms with E-state index in [0.29, 0.717) is 16.9 Å². The minimum atomic E-state index is -4.31. The van der Waals surface area contributed by atoms with Crippen LogP contribution in [0, 0.1) is 0 Å². The number of rotatable bonds is 4. The maximum atomic E-state index is 11.9. The van der Waals surface area contributed by atoms with Gasteiger partial charge in [0.05, 0.1) is 5.69 Å². The first-order valence-electron chi connectivity index (χ1n) is 5.86. The summed E-state index contributed by atoms with van der Waals surface area (Å²) in [5.41, 5.74) is 7.22. The maximum Gasteiger partial charge on any atom is 0.357 e. The smallest absolute Gasteiger partial charge is 0.357 e. The number of carbonyl (C=O) groups excluding carboxylic acids is 1. The van der Waals surface area contributed by atoms with Crippen LogP contribution in [0.4, 0.5) is 17.1 Å². The summed E-state index contributed by atoms with van der Waals surface area (Å²) in [7, 11) is -4.31. The van der Waals surface area contributed by atoms with E-state index in [4.69, 9.17) is 10.3 Å². The molecule has 2 rings (SSSR count). The molecule has 0 atom stereocenters. The Morgan fingerprint density at radius 1 is 0.952 bits per heavy atom. The molecule has 0 saturated carbocycles. The Morgan fingerprint density at radius 2 is 1.48 bits per heavy atom. The molecule has 5 N–H and O–H groups in total. The quantitative estimate of drug-likeness (QED) is 0.506. The summed E-state index contributed by atoms with van der Waals surface area (Å²) in [5.74, 6) is -0.314. The molecule has 8 heteroatoms. The number of benzene rings is 2. The summed E-state index contributed by atoms with van der Waals surface area (Å²) in [5, 5.41) is 2.65. The van der Waals surface area contributed by atoms with Gasteiger partial charge in [-0.1, -0.05) is 0 Å². The Kier molecular flexibility index (Phi) is 4.10. The lowest BCUT2D eigenvalue weighted by Crippen LogP contribution is -2.12. The van der Waals surface area contributed by atoms with E-state index >= 15 is 0 Å². The number of carbonyl (C=O) groups is 1. The molecule has 0 radical (unpaired) electrons. The zero-order valence-electron chi connectivity index (χ0n) is 10.8. The lowest BCUT2D eigenvalue weighted by atomic mass is 10.2. The predicted octanol–water partition coefficient (Wildman–Crippen LogP) is 1.74. The van der Waals surface area contributed by atoms with Crippen molar-refractivity contribution < 1.29 is 17.8 Å². The molecule has 1 amide bonds. The van der Waals surface area contributed by atoms with Gasteiger partial charge in [-0.3, -0.25) is 14.1 Å². The van der Waals surface area contributed by atoms with Crippen LogP contribution in [-0.4, -0.2) is 18.9 Å². The maximum absolute atomic E-state index is 11.9. The van der Waals surface area contributed by atoms with Crippen molar-refractivity contribution in [3.8, 4) is 0 Å². The second-order valence-corrected chi connectivity index (χ2v) is 5.38. The van der Waals surface area contributed by atoms with Gasteiger partial charge in [-0.15, -0.1) is 0 Å². The normalized spacial score (nSPS) is 10.9. The number of nitrogens with one attached hydrogen (secondary N) is 2. The molecule has 110 valence electrons. The fraction of sp³-hybridized carbons (Fsp3) is 0. The van der Waals surface area contributed by atoms with Crippen LogP contribution in [0.3, 0.4) is 0 Å². The highest BCUT2D eigenvalue weighted by Gasteiger charge is 2.07. The largest absolute Gasteiger partial charge is 0.399 e. The van der Waals surface area contributed by atoms with E-state index in [1.54, 1.807) is 24.3 Å². The van der Waals surface area contributed by atoms with E-state index in [1.807, 2.05) is 4.72 Å². The fourth-order valence-electron chi connectivity index (χ4n) is 1.61. The SMILES string of the molecule is Nc1ccc(C(=O)Nc2ccc(NS(=O)(=O)O)cc2)cc1. The fourth-order valence-corrected chi connectivity index (χ4v) is 2.04. The number of anilines is 3. The van der Waals surface area contributed by atoms with Gasteiger partial charge < -0.3 is 11.1 Å². The molecule has 0 saturated heterocycles. The summed E-state index contributed by atoms with van der Waals surface area (Å²) in [6, 6.07) is 12.3. The Hall–Kier alpha value is -2.58. The zero-order chi connectivity index (χ0) is 15.5. The van der Waals surface area contributed by atoms with Gasteiger partial charge in [0.25, 0.3) is 5.91 Å². The lowest BCUT2D eigenvalue weighted by Gasteiger charge is -2.07. The van der Waals surface area contributed by atoms with Crippen LogP contribution in [-0.2, 0) is 10.3 Å². The van der Waals surface area contributed by atoms with Crippen LogP contribution in [0.15, 0.2) is 48.5 Å². The first-order valence-corrected chi connectivity index (χ1v) is 7.30. The van der Waals surface area contributed by atoms with E-state index in [0.717, 1.165) is 0 Å². The Balaban J connectivity index is 2.06. The number of nitrogen functional groups attached to an aromatic ring is 1. The Labute approximate surface area is 121 Å². The summed E-state index contributed by atoms with van der Waals surface area (Å²) >= 11 is 0. The molecule has 2 aromatic rings. The summed E-state index contributed by atoms with van der Waals surface area (Å²) < 4.78 is 31.8. The van der Waals surface area contributed by atoms with Crippen molar-refractivity contribution in [2.75, 3.05) is 15.8 Å². The number of hydrogen-bond acceptors (Lipinski definition) is 4. The summed E-state index contributed by atoms with van der Waals surface area (Å²) in [4.78, 5) is 11.9. The molecule has 0 bridgehead atoms. The lowest BCUT2D eigenvalue weighted by molar-refractivity contribution is 0.102. The molecule has 0 heterocycles. The first kappa shape index (κ1) is 14.8. The molecule has 0 aliphatic rings. The molecule has 7 nitrogen and oxygen atoms in total. The van der Waals surface area contributed by atoms with Crippen molar-refractivity contribution in [1.82, 2.24) is 0 Å². The van der Waals surface area contributed by atoms with E-state index in [-0.39, 0.29) is 11.6 Å². The second kappa shape index (κ2) is 5.81. The second-order valence-electron chi connectivity index (χ2n) is 4.23. The average molecular weight is 307 g/mol. The van der Waals surface area contributed by atoms with Gasteiger partial charge in [0.1, 0.15) is 0 Å². The van der Waals surface area contributed by atoms with Crippen molar-refractivity contribution in [2.24, 2.45) is 0 Å². The molecular formula is C13H13N3O4S. The zero-order valence-corrected chi connectivity index (χ0v) is 11.6. The van der Waals surface area contributed by atoms with Crippen LogP contribution in [0.25, 0.3) is 0 Å². The van der Waals surface area contributed by atoms with E-state index < -0.39 is 10.3 Å².